The second kappa shape index (κ2) is 6.23. The maximum absolute atomic E-state index is 13.0. The van der Waals surface area contributed by atoms with Crippen LogP contribution in [0.5, 0.6) is 0 Å². The molecule has 0 aliphatic carbocycles. The highest BCUT2D eigenvalue weighted by Gasteiger charge is 2.32. The van der Waals surface area contributed by atoms with Crippen LogP contribution < -0.4 is 15.8 Å². The van der Waals surface area contributed by atoms with Crippen LogP contribution in [0.1, 0.15) is 16.9 Å². The zero-order valence-electron chi connectivity index (χ0n) is 12.9. The number of nitrogens with one attached hydrogen (secondary N) is 1. The average Bonchev–Trinajstić information content (AvgIpc) is 2.91. The first-order valence-electron chi connectivity index (χ1n) is 7.35. The van der Waals surface area contributed by atoms with E-state index in [9.17, 15) is 18.8 Å². The molecule has 2 amide bonds. The van der Waals surface area contributed by atoms with Crippen LogP contribution >= 0.6 is 0 Å². The van der Waals surface area contributed by atoms with Crippen molar-refractivity contribution in [2.75, 3.05) is 11.4 Å². The number of carbonyl (C=O) groups is 2. The Bertz CT molecular complexity index is 847. The summed E-state index contributed by atoms with van der Waals surface area (Å²) in [4.78, 5) is 37.1. The van der Waals surface area contributed by atoms with E-state index in [2.05, 4.69) is 10.4 Å². The maximum Gasteiger partial charge on any atom is 0.272 e. The van der Waals surface area contributed by atoms with Gasteiger partial charge in [0.25, 0.3) is 11.5 Å². The summed E-state index contributed by atoms with van der Waals surface area (Å²) in [5.74, 6) is -0.985. The number of carbonyl (C=O) groups excluding carboxylic acids is 2. The molecular weight excluding hydrogens is 315 g/mol. The second-order valence-electron chi connectivity index (χ2n) is 5.54. The quantitative estimate of drug-likeness (QED) is 0.886. The SMILES string of the molecule is Cn1nc(C(=O)N[C@@H]2CC(=O)N(c3ccc(F)cc3)C2)ccc1=O. The Morgan fingerprint density at radius 2 is 1.92 bits per heavy atom. The van der Waals surface area contributed by atoms with Crippen molar-refractivity contribution in [1.29, 1.82) is 0 Å². The molecule has 8 heteroatoms. The van der Waals surface area contributed by atoms with Gasteiger partial charge < -0.3 is 10.2 Å². The van der Waals surface area contributed by atoms with Gasteiger partial charge in [-0.25, -0.2) is 9.07 Å². The first-order chi connectivity index (χ1) is 11.4. The minimum atomic E-state index is -0.454. The Balaban J connectivity index is 1.69. The third-order valence-corrected chi connectivity index (χ3v) is 3.79. The number of hydrogen-bond acceptors (Lipinski definition) is 4. The van der Waals surface area contributed by atoms with Crippen LogP contribution in [0.3, 0.4) is 0 Å². The Hall–Kier alpha value is -3.03. The third kappa shape index (κ3) is 3.17. The highest BCUT2D eigenvalue weighted by Crippen LogP contribution is 2.21. The molecule has 0 bridgehead atoms. The standard InChI is InChI=1S/C16H15FN4O3/c1-20-14(22)7-6-13(19-20)16(24)18-11-8-15(23)21(9-11)12-4-2-10(17)3-5-12/h2-7,11H,8-9H2,1H3,(H,18,24)/t11-/m1/s1. The Morgan fingerprint density at radius 3 is 2.58 bits per heavy atom. The molecule has 1 atom stereocenters. The predicted octanol–water partition coefficient (Wildman–Crippen LogP) is 0.455. The van der Waals surface area contributed by atoms with Crippen LogP contribution in [0.4, 0.5) is 10.1 Å². The van der Waals surface area contributed by atoms with Gasteiger partial charge in [0.1, 0.15) is 11.5 Å². The molecule has 1 fully saturated rings. The van der Waals surface area contributed by atoms with E-state index in [0.29, 0.717) is 12.2 Å². The molecule has 0 radical (unpaired) electrons. The molecule has 1 aliphatic rings. The molecule has 24 heavy (non-hydrogen) atoms. The zero-order chi connectivity index (χ0) is 17.3. The lowest BCUT2D eigenvalue weighted by atomic mass is 10.2. The monoisotopic (exact) mass is 330 g/mol. The Labute approximate surface area is 136 Å². The van der Waals surface area contributed by atoms with Crippen molar-refractivity contribution in [2.24, 2.45) is 7.05 Å². The molecule has 1 saturated heterocycles. The lowest BCUT2D eigenvalue weighted by Crippen LogP contribution is -2.38. The van der Waals surface area contributed by atoms with Crippen LogP contribution in [0.25, 0.3) is 0 Å². The first kappa shape index (κ1) is 15.9. The smallest absolute Gasteiger partial charge is 0.272 e. The van der Waals surface area contributed by atoms with E-state index in [1.807, 2.05) is 0 Å². The molecule has 3 rings (SSSR count). The van der Waals surface area contributed by atoms with E-state index in [-0.39, 0.29) is 35.4 Å². The normalized spacial score (nSPS) is 17.2. The lowest BCUT2D eigenvalue weighted by molar-refractivity contribution is -0.117. The second-order valence-corrected chi connectivity index (χ2v) is 5.54. The molecule has 1 aromatic carbocycles. The topological polar surface area (TPSA) is 84.3 Å². The number of benzene rings is 1. The number of hydrogen-bond donors (Lipinski definition) is 1. The van der Waals surface area contributed by atoms with Crippen LogP contribution in [-0.2, 0) is 11.8 Å². The molecule has 1 aromatic heterocycles. The molecule has 1 N–H and O–H groups in total. The minimum absolute atomic E-state index is 0.102. The fraction of sp³-hybridized carbons (Fsp3) is 0.250. The molecule has 2 aromatic rings. The van der Waals surface area contributed by atoms with Crippen molar-refractivity contribution in [3.05, 3.63) is 58.3 Å². The fourth-order valence-corrected chi connectivity index (χ4v) is 2.56. The number of aromatic nitrogens is 2. The van der Waals surface area contributed by atoms with Gasteiger partial charge >= 0.3 is 0 Å². The van der Waals surface area contributed by atoms with Gasteiger partial charge in [0.2, 0.25) is 5.91 Å². The summed E-state index contributed by atoms with van der Waals surface area (Å²) in [6, 6.07) is 7.82. The Morgan fingerprint density at radius 1 is 1.21 bits per heavy atom. The molecule has 0 spiro atoms. The molecule has 124 valence electrons. The van der Waals surface area contributed by atoms with Gasteiger partial charge in [-0.2, -0.15) is 5.10 Å². The molecule has 0 unspecified atom stereocenters. The van der Waals surface area contributed by atoms with Crippen LogP contribution in [-0.4, -0.2) is 34.2 Å². The van der Waals surface area contributed by atoms with E-state index in [0.717, 1.165) is 4.68 Å². The van der Waals surface area contributed by atoms with Gasteiger partial charge in [-0.1, -0.05) is 0 Å². The fourth-order valence-electron chi connectivity index (χ4n) is 2.56. The average molecular weight is 330 g/mol. The van der Waals surface area contributed by atoms with E-state index in [4.69, 9.17) is 0 Å². The molecule has 2 heterocycles. The summed E-state index contributed by atoms with van der Waals surface area (Å²) in [6.07, 6.45) is 0.148. The summed E-state index contributed by atoms with van der Waals surface area (Å²) < 4.78 is 14.0. The summed E-state index contributed by atoms with van der Waals surface area (Å²) in [6.45, 7) is 0.294. The van der Waals surface area contributed by atoms with Crippen LogP contribution in [0, 0.1) is 5.82 Å². The number of halogens is 1. The van der Waals surface area contributed by atoms with Crippen molar-refractivity contribution >= 4 is 17.5 Å². The van der Waals surface area contributed by atoms with Crippen LogP contribution in [0.15, 0.2) is 41.2 Å². The molecule has 0 saturated carbocycles. The number of rotatable bonds is 3. The largest absolute Gasteiger partial charge is 0.346 e. The molecular formula is C16H15FN4O3. The van der Waals surface area contributed by atoms with Gasteiger partial charge in [-0.05, 0) is 30.3 Å². The minimum Gasteiger partial charge on any atom is -0.346 e. The van der Waals surface area contributed by atoms with E-state index in [1.54, 1.807) is 0 Å². The van der Waals surface area contributed by atoms with E-state index in [1.165, 1.54) is 48.3 Å². The van der Waals surface area contributed by atoms with Crippen molar-refractivity contribution in [3.8, 4) is 0 Å². The summed E-state index contributed by atoms with van der Waals surface area (Å²) in [5, 5.41) is 6.60. The number of amides is 2. The number of anilines is 1. The summed E-state index contributed by atoms with van der Waals surface area (Å²) in [5.41, 5.74) is 0.369. The maximum atomic E-state index is 13.0. The third-order valence-electron chi connectivity index (χ3n) is 3.79. The van der Waals surface area contributed by atoms with Crippen molar-refractivity contribution < 1.29 is 14.0 Å². The zero-order valence-corrected chi connectivity index (χ0v) is 12.9. The highest BCUT2D eigenvalue weighted by atomic mass is 19.1. The highest BCUT2D eigenvalue weighted by molar-refractivity contribution is 5.98. The van der Waals surface area contributed by atoms with Gasteiger partial charge in [0.05, 0.1) is 6.04 Å². The first-order valence-corrected chi connectivity index (χ1v) is 7.35. The van der Waals surface area contributed by atoms with Crippen LogP contribution in [0.2, 0.25) is 0 Å². The lowest BCUT2D eigenvalue weighted by Gasteiger charge is -2.17. The van der Waals surface area contributed by atoms with E-state index < -0.39 is 5.91 Å². The molecule has 7 nitrogen and oxygen atoms in total. The Kier molecular flexibility index (Phi) is 4.11. The van der Waals surface area contributed by atoms with Gasteiger partial charge in [0, 0.05) is 31.8 Å². The van der Waals surface area contributed by atoms with Crippen molar-refractivity contribution in [1.82, 2.24) is 15.1 Å². The number of nitrogens with zero attached hydrogens (tertiary/aromatic N) is 3. The van der Waals surface area contributed by atoms with Gasteiger partial charge in [-0.15, -0.1) is 0 Å². The van der Waals surface area contributed by atoms with Gasteiger partial charge in [-0.3, -0.25) is 14.4 Å². The summed E-state index contributed by atoms with van der Waals surface area (Å²) >= 11 is 0. The van der Waals surface area contributed by atoms with E-state index >= 15 is 0 Å². The predicted molar refractivity (Wildman–Crippen MR) is 84.1 cm³/mol. The summed E-state index contributed by atoms with van der Waals surface area (Å²) in [7, 11) is 1.45. The van der Waals surface area contributed by atoms with Crippen molar-refractivity contribution in [2.45, 2.75) is 12.5 Å². The number of aryl methyl sites for hydroxylation is 1. The van der Waals surface area contributed by atoms with Crippen molar-refractivity contribution in [3.63, 3.8) is 0 Å². The molecule has 1 aliphatic heterocycles. The van der Waals surface area contributed by atoms with Gasteiger partial charge in [0.15, 0.2) is 0 Å².